The van der Waals surface area contributed by atoms with Crippen molar-refractivity contribution >= 4 is 6.03 Å². The van der Waals surface area contributed by atoms with E-state index in [1.54, 1.807) is 0 Å². The average Bonchev–Trinajstić information content (AvgIpc) is 3.06. The standard InChI is InChI=1S/C19H28N2O2/c1-15-13-21(19(22)20-17-9-5-6-10-17)14-18(23-15)12-11-16-7-3-2-4-8-16/h2-4,7-8,15,17-18H,5-6,9-14H2,1H3,(H,20,22). The van der Waals surface area contributed by atoms with Crippen LogP contribution in [0.4, 0.5) is 4.79 Å². The third kappa shape index (κ3) is 4.71. The van der Waals surface area contributed by atoms with Crippen molar-refractivity contribution in [1.82, 2.24) is 10.2 Å². The van der Waals surface area contributed by atoms with E-state index in [-0.39, 0.29) is 18.2 Å². The van der Waals surface area contributed by atoms with Crippen LogP contribution in [-0.4, -0.2) is 42.3 Å². The van der Waals surface area contributed by atoms with Gasteiger partial charge in [-0.05, 0) is 38.2 Å². The summed E-state index contributed by atoms with van der Waals surface area (Å²) in [5.41, 5.74) is 1.33. The number of amides is 2. The quantitative estimate of drug-likeness (QED) is 0.925. The van der Waals surface area contributed by atoms with Gasteiger partial charge in [0, 0.05) is 19.1 Å². The van der Waals surface area contributed by atoms with E-state index < -0.39 is 0 Å². The van der Waals surface area contributed by atoms with Gasteiger partial charge in [-0.15, -0.1) is 0 Å². The molecular weight excluding hydrogens is 288 g/mol. The summed E-state index contributed by atoms with van der Waals surface area (Å²) in [5.74, 6) is 0. The first kappa shape index (κ1) is 16.3. The molecule has 1 N–H and O–H groups in total. The summed E-state index contributed by atoms with van der Waals surface area (Å²) >= 11 is 0. The molecule has 0 spiro atoms. The van der Waals surface area contributed by atoms with E-state index in [2.05, 4.69) is 36.5 Å². The highest BCUT2D eigenvalue weighted by Gasteiger charge is 2.29. The molecule has 4 heteroatoms. The van der Waals surface area contributed by atoms with Crippen molar-refractivity contribution in [3.05, 3.63) is 35.9 Å². The van der Waals surface area contributed by atoms with Gasteiger partial charge in [0.15, 0.2) is 0 Å². The van der Waals surface area contributed by atoms with E-state index in [4.69, 9.17) is 4.74 Å². The number of ether oxygens (including phenoxy) is 1. The molecule has 1 saturated heterocycles. The fourth-order valence-corrected chi connectivity index (χ4v) is 3.68. The van der Waals surface area contributed by atoms with Crippen LogP contribution < -0.4 is 5.32 Å². The molecule has 126 valence electrons. The number of carbonyl (C=O) groups is 1. The zero-order chi connectivity index (χ0) is 16.1. The number of hydrogen-bond acceptors (Lipinski definition) is 2. The molecule has 1 aliphatic heterocycles. The molecule has 1 aromatic carbocycles. The molecule has 0 bridgehead atoms. The summed E-state index contributed by atoms with van der Waals surface area (Å²) < 4.78 is 6.04. The van der Waals surface area contributed by atoms with Crippen LogP contribution in [0, 0.1) is 0 Å². The molecule has 1 aliphatic carbocycles. The minimum atomic E-state index is 0.0942. The molecule has 3 rings (SSSR count). The Labute approximate surface area is 139 Å². The first-order chi connectivity index (χ1) is 11.2. The van der Waals surface area contributed by atoms with Crippen LogP contribution in [0.25, 0.3) is 0 Å². The molecule has 2 unspecified atom stereocenters. The summed E-state index contributed by atoms with van der Waals surface area (Å²) in [4.78, 5) is 14.4. The highest BCUT2D eigenvalue weighted by molar-refractivity contribution is 5.74. The molecule has 1 aromatic rings. The van der Waals surface area contributed by atoms with Crippen LogP contribution in [0.5, 0.6) is 0 Å². The minimum absolute atomic E-state index is 0.0942. The monoisotopic (exact) mass is 316 g/mol. The highest BCUT2D eigenvalue weighted by atomic mass is 16.5. The largest absolute Gasteiger partial charge is 0.372 e. The number of rotatable bonds is 4. The maximum Gasteiger partial charge on any atom is 0.317 e. The second kappa shape index (κ2) is 7.82. The maximum atomic E-state index is 12.5. The SMILES string of the molecule is CC1CN(C(=O)NC2CCCC2)CC(CCc2ccccc2)O1. The smallest absolute Gasteiger partial charge is 0.317 e. The van der Waals surface area contributed by atoms with Gasteiger partial charge in [-0.2, -0.15) is 0 Å². The normalized spacial score (nSPS) is 25.5. The molecule has 0 radical (unpaired) electrons. The molecule has 4 nitrogen and oxygen atoms in total. The van der Waals surface area contributed by atoms with Gasteiger partial charge in [-0.25, -0.2) is 4.79 Å². The Balaban J connectivity index is 1.50. The fraction of sp³-hybridized carbons (Fsp3) is 0.632. The second-order valence-electron chi connectivity index (χ2n) is 6.93. The second-order valence-corrected chi connectivity index (χ2v) is 6.93. The predicted octanol–water partition coefficient (Wildman–Crippen LogP) is 3.36. The van der Waals surface area contributed by atoms with Gasteiger partial charge < -0.3 is 15.0 Å². The summed E-state index contributed by atoms with van der Waals surface area (Å²) in [6.07, 6.45) is 6.94. The van der Waals surface area contributed by atoms with E-state index in [1.807, 2.05) is 11.0 Å². The van der Waals surface area contributed by atoms with Crippen molar-refractivity contribution in [2.24, 2.45) is 0 Å². The fourth-order valence-electron chi connectivity index (χ4n) is 3.68. The summed E-state index contributed by atoms with van der Waals surface area (Å²) in [5, 5.41) is 3.19. The third-order valence-corrected chi connectivity index (χ3v) is 4.89. The van der Waals surface area contributed by atoms with Crippen LogP contribution in [0.3, 0.4) is 0 Å². The first-order valence-corrected chi connectivity index (χ1v) is 8.95. The van der Waals surface area contributed by atoms with Crippen molar-refractivity contribution in [3.63, 3.8) is 0 Å². The van der Waals surface area contributed by atoms with Crippen LogP contribution in [-0.2, 0) is 11.2 Å². The minimum Gasteiger partial charge on any atom is -0.372 e. The Morgan fingerprint density at radius 1 is 1.22 bits per heavy atom. The van der Waals surface area contributed by atoms with E-state index in [9.17, 15) is 4.79 Å². The third-order valence-electron chi connectivity index (χ3n) is 4.89. The van der Waals surface area contributed by atoms with Gasteiger partial charge in [0.1, 0.15) is 0 Å². The molecule has 1 saturated carbocycles. The first-order valence-electron chi connectivity index (χ1n) is 8.95. The van der Waals surface area contributed by atoms with E-state index in [1.165, 1.54) is 18.4 Å². The lowest BCUT2D eigenvalue weighted by Crippen LogP contribution is -2.53. The number of nitrogens with one attached hydrogen (secondary N) is 1. The van der Waals surface area contributed by atoms with Gasteiger partial charge in [-0.3, -0.25) is 0 Å². The van der Waals surface area contributed by atoms with Crippen molar-refractivity contribution in [1.29, 1.82) is 0 Å². The Morgan fingerprint density at radius 3 is 2.70 bits per heavy atom. The molecule has 0 aromatic heterocycles. The van der Waals surface area contributed by atoms with E-state index >= 15 is 0 Å². The van der Waals surface area contributed by atoms with Crippen molar-refractivity contribution in [2.45, 2.75) is 63.7 Å². The zero-order valence-corrected chi connectivity index (χ0v) is 14.0. The van der Waals surface area contributed by atoms with Crippen molar-refractivity contribution in [2.75, 3.05) is 13.1 Å². The average molecular weight is 316 g/mol. The van der Waals surface area contributed by atoms with Crippen LogP contribution >= 0.6 is 0 Å². The number of benzene rings is 1. The van der Waals surface area contributed by atoms with E-state index in [0.29, 0.717) is 19.1 Å². The van der Waals surface area contributed by atoms with Gasteiger partial charge in [0.2, 0.25) is 0 Å². The molecule has 2 fully saturated rings. The van der Waals surface area contributed by atoms with Crippen LogP contribution in [0.1, 0.15) is 44.6 Å². The van der Waals surface area contributed by atoms with Gasteiger partial charge in [-0.1, -0.05) is 43.2 Å². The number of carbonyl (C=O) groups excluding carboxylic acids is 1. The summed E-state index contributed by atoms with van der Waals surface area (Å²) in [7, 11) is 0. The molecule has 2 aliphatic rings. The predicted molar refractivity (Wildman–Crippen MR) is 91.5 cm³/mol. The molecule has 23 heavy (non-hydrogen) atoms. The summed E-state index contributed by atoms with van der Waals surface area (Å²) in [6.45, 7) is 3.46. The lowest BCUT2D eigenvalue weighted by molar-refractivity contribution is -0.0666. The Bertz CT molecular complexity index is 499. The van der Waals surface area contributed by atoms with E-state index in [0.717, 1.165) is 25.7 Å². The molecule has 1 heterocycles. The number of morpholine rings is 1. The lowest BCUT2D eigenvalue weighted by atomic mass is 10.1. The lowest BCUT2D eigenvalue weighted by Gasteiger charge is -2.37. The van der Waals surface area contributed by atoms with Gasteiger partial charge in [0.25, 0.3) is 0 Å². The molecule has 2 atom stereocenters. The number of urea groups is 1. The van der Waals surface area contributed by atoms with Crippen LogP contribution in [0.2, 0.25) is 0 Å². The topological polar surface area (TPSA) is 41.6 Å². The Kier molecular flexibility index (Phi) is 5.55. The zero-order valence-electron chi connectivity index (χ0n) is 14.0. The number of nitrogens with zero attached hydrogens (tertiary/aromatic N) is 1. The Morgan fingerprint density at radius 2 is 1.96 bits per heavy atom. The van der Waals surface area contributed by atoms with Gasteiger partial charge in [0.05, 0.1) is 12.2 Å². The molecule has 2 amide bonds. The number of aryl methyl sites for hydroxylation is 1. The van der Waals surface area contributed by atoms with Crippen molar-refractivity contribution in [3.8, 4) is 0 Å². The Hall–Kier alpha value is -1.55. The van der Waals surface area contributed by atoms with Crippen molar-refractivity contribution < 1.29 is 9.53 Å². The summed E-state index contributed by atoms with van der Waals surface area (Å²) in [6, 6.07) is 11.0. The van der Waals surface area contributed by atoms with Gasteiger partial charge >= 0.3 is 6.03 Å². The molecular formula is C19H28N2O2. The van der Waals surface area contributed by atoms with Crippen LogP contribution in [0.15, 0.2) is 30.3 Å². The highest BCUT2D eigenvalue weighted by Crippen LogP contribution is 2.20. The maximum absolute atomic E-state index is 12.5. The number of hydrogen-bond donors (Lipinski definition) is 1.